The molecule has 0 fully saturated rings. The van der Waals surface area contributed by atoms with Crippen LogP contribution in [0.25, 0.3) is 16.6 Å². The van der Waals surface area contributed by atoms with Gasteiger partial charge >= 0.3 is 0 Å². The summed E-state index contributed by atoms with van der Waals surface area (Å²) in [4.78, 5) is 34.3. The zero-order valence-corrected chi connectivity index (χ0v) is 21.9. The molecule has 36 heavy (non-hydrogen) atoms. The molecule has 0 saturated heterocycles. The number of unbranched alkanes of at least 4 members (excludes halogenated alkanes) is 1. The molecule has 186 valence electrons. The Balaban J connectivity index is 1.91. The fraction of sp³-hybridized carbons (Fsp3) is 0.276. The smallest absolute Gasteiger partial charge is 0.266 e. The molecule has 4 aromatic rings. The fourth-order valence-electron chi connectivity index (χ4n) is 4.44. The largest absolute Gasteiger partial charge is 0.331 e. The summed E-state index contributed by atoms with van der Waals surface area (Å²) in [6.07, 6.45) is 2.26. The lowest BCUT2D eigenvalue weighted by Gasteiger charge is -2.33. The first-order valence-electron chi connectivity index (χ1n) is 12.2. The minimum atomic E-state index is -0.844. The number of fused-ring (bicyclic) bond motifs is 1. The molecule has 5 nitrogen and oxygen atoms in total. The Morgan fingerprint density at radius 1 is 1.00 bits per heavy atom. The number of hydrogen-bond donors (Lipinski definition) is 0. The van der Waals surface area contributed by atoms with Gasteiger partial charge in [0, 0.05) is 11.6 Å². The van der Waals surface area contributed by atoms with Crippen LogP contribution in [0.2, 0.25) is 5.02 Å². The van der Waals surface area contributed by atoms with E-state index < -0.39 is 11.4 Å². The molecule has 2 unspecified atom stereocenters. The van der Waals surface area contributed by atoms with Crippen LogP contribution < -0.4 is 5.56 Å². The summed E-state index contributed by atoms with van der Waals surface area (Å²) in [7, 11) is 0. The Bertz CT molecular complexity index is 1400. The first-order valence-corrected chi connectivity index (χ1v) is 13.0. The third kappa shape index (κ3) is 5.32. The third-order valence-electron chi connectivity index (χ3n) is 6.27. The second-order valence-corrected chi connectivity index (χ2v) is 9.56. The predicted molar refractivity (Wildman–Crippen MR) is 147 cm³/mol. The van der Waals surface area contributed by atoms with Crippen LogP contribution in [0.3, 0.4) is 0 Å². The van der Waals surface area contributed by atoms with Gasteiger partial charge < -0.3 is 4.90 Å². The van der Waals surface area contributed by atoms with E-state index in [1.54, 1.807) is 33.7 Å². The summed E-state index contributed by atoms with van der Waals surface area (Å²) in [5.41, 5.74) is 1.72. The van der Waals surface area contributed by atoms with Crippen molar-refractivity contribution in [1.82, 2.24) is 14.5 Å². The van der Waals surface area contributed by atoms with E-state index in [2.05, 4.69) is 6.92 Å². The molecule has 4 rings (SSSR count). The van der Waals surface area contributed by atoms with Crippen molar-refractivity contribution in [3.8, 4) is 5.69 Å². The molecule has 7 heteroatoms. The van der Waals surface area contributed by atoms with Gasteiger partial charge in [-0.1, -0.05) is 80.4 Å². The normalized spacial score (nSPS) is 12.9. The number of halogens is 2. The zero-order chi connectivity index (χ0) is 25.7. The highest BCUT2D eigenvalue weighted by Crippen LogP contribution is 2.32. The highest BCUT2D eigenvalue weighted by Gasteiger charge is 2.32. The van der Waals surface area contributed by atoms with Gasteiger partial charge in [0.2, 0.25) is 5.91 Å². The van der Waals surface area contributed by atoms with Gasteiger partial charge in [-0.3, -0.25) is 14.2 Å². The summed E-state index contributed by atoms with van der Waals surface area (Å²) in [6, 6.07) is 23.3. The topological polar surface area (TPSA) is 55.2 Å². The van der Waals surface area contributed by atoms with Gasteiger partial charge in [0.25, 0.3) is 5.56 Å². The van der Waals surface area contributed by atoms with Gasteiger partial charge in [-0.05, 0) is 48.7 Å². The molecule has 0 aliphatic carbocycles. The van der Waals surface area contributed by atoms with Gasteiger partial charge in [-0.2, -0.15) is 0 Å². The Morgan fingerprint density at radius 3 is 2.42 bits per heavy atom. The van der Waals surface area contributed by atoms with Gasteiger partial charge in [-0.25, -0.2) is 4.98 Å². The van der Waals surface area contributed by atoms with E-state index in [9.17, 15) is 9.59 Å². The van der Waals surface area contributed by atoms with Crippen LogP contribution in [0.5, 0.6) is 0 Å². The molecule has 0 saturated carbocycles. The maximum absolute atomic E-state index is 13.8. The number of carbonyl (C=O) groups excluding carboxylic acids is 1. The van der Waals surface area contributed by atoms with Crippen molar-refractivity contribution in [2.24, 2.45) is 0 Å². The average molecular weight is 522 g/mol. The Morgan fingerprint density at radius 2 is 1.72 bits per heavy atom. The molecule has 0 radical (unpaired) electrons. The number of para-hydroxylation sites is 1. The molecule has 0 aliphatic rings. The zero-order valence-electron chi connectivity index (χ0n) is 20.4. The van der Waals surface area contributed by atoms with Crippen LogP contribution in [0, 0.1) is 0 Å². The Hall–Kier alpha value is -3.15. The maximum atomic E-state index is 13.8. The molecule has 2 atom stereocenters. The highest BCUT2D eigenvalue weighted by atomic mass is 35.5. The first-order chi connectivity index (χ1) is 17.5. The number of alkyl halides is 1. The number of rotatable bonds is 9. The van der Waals surface area contributed by atoms with Gasteiger partial charge in [-0.15, -0.1) is 11.6 Å². The Labute approximate surface area is 221 Å². The van der Waals surface area contributed by atoms with E-state index in [1.165, 1.54) is 0 Å². The molecular weight excluding hydrogens is 493 g/mol. The second kappa shape index (κ2) is 11.7. The molecule has 0 aliphatic heterocycles. The van der Waals surface area contributed by atoms with Crippen LogP contribution in [0.4, 0.5) is 0 Å². The van der Waals surface area contributed by atoms with Crippen molar-refractivity contribution in [1.29, 1.82) is 0 Å². The van der Waals surface area contributed by atoms with Gasteiger partial charge in [0.05, 0.1) is 22.6 Å². The molecule has 0 N–H and O–H groups in total. The summed E-state index contributed by atoms with van der Waals surface area (Å²) in [5, 5.41) is 0.168. The minimum absolute atomic E-state index is 0.204. The second-order valence-electron chi connectivity index (χ2n) is 8.69. The lowest BCUT2D eigenvalue weighted by Crippen LogP contribution is -2.40. The standard InChI is InChI=1S/C29H29Cl2N3O2/c1-3-5-18-33(29(36)26(31)20-12-7-6-8-13-20)25(4-2)27-32-24-17-10-9-16-23(24)28(35)34(27)22-15-11-14-21(30)19-22/h6-17,19,25-26H,3-5,18H2,1-2H3. The van der Waals surface area contributed by atoms with Crippen molar-refractivity contribution >= 4 is 40.0 Å². The van der Waals surface area contributed by atoms with Crippen molar-refractivity contribution < 1.29 is 4.79 Å². The predicted octanol–water partition coefficient (Wildman–Crippen LogP) is 7.10. The van der Waals surface area contributed by atoms with E-state index in [0.29, 0.717) is 40.4 Å². The monoisotopic (exact) mass is 521 g/mol. The molecule has 1 amide bonds. The molecule has 1 aromatic heterocycles. The molecule has 0 bridgehead atoms. The maximum Gasteiger partial charge on any atom is 0.266 e. The van der Waals surface area contributed by atoms with E-state index in [1.807, 2.05) is 61.5 Å². The van der Waals surface area contributed by atoms with E-state index in [4.69, 9.17) is 28.2 Å². The molecular formula is C29H29Cl2N3O2. The number of amides is 1. The van der Waals surface area contributed by atoms with Gasteiger partial charge in [0.1, 0.15) is 11.2 Å². The minimum Gasteiger partial charge on any atom is -0.331 e. The Kier molecular flexibility index (Phi) is 8.44. The first kappa shape index (κ1) is 25.9. The van der Waals surface area contributed by atoms with Gasteiger partial charge in [0.15, 0.2) is 0 Å². The lowest BCUT2D eigenvalue weighted by atomic mass is 10.1. The van der Waals surface area contributed by atoms with E-state index >= 15 is 0 Å². The van der Waals surface area contributed by atoms with Crippen LogP contribution in [0.15, 0.2) is 83.7 Å². The van der Waals surface area contributed by atoms with Crippen molar-refractivity contribution in [3.63, 3.8) is 0 Å². The summed E-state index contributed by atoms with van der Waals surface area (Å²) >= 11 is 13.0. The van der Waals surface area contributed by atoms with Crippen LogP contribution in [-0.2, 0) is 4.79 Å². The molecule has 3 aromatic carbocycles. The number of aromatic nitrogens is 2. The van der Waals surface area contributed by atoms with Crippen LogP contribution >= 0.6 is 23.2 Å². The summed E-state index contributed by atoms with van der Waals surface area (Å²) in [5.74, 6) is 0.285. The van der Waals surface area contributed by atoms with Crippen molar-refractivity contribution in [3.05, 3.63) is 106 Å². The van der Waals surface area contributed by atoms with E-state index in [-0.39, 0.29) is 11.5 Å². The quantitative estimate of drug-likeness (QED) is 0.220. The SMILES string of the molecule is CCCCN(C(=O)C(Cl)c1ccccc1)C(CC)c1nc2ccccc2c(=O)n1-c1cccc(Cl)c1. The lowest BCUT2D eigenvalue weighted by molar-refractivity contribution is -0.133. The van der Waals surface area contributed by atoms with Crippen molar-refractivity contribution in [2.75, 3.05) is 6.54 Å². The molecule has 0 spiro atoms. The number of benzene rings is 3. The van der Waals surface area contributed by atoms with Crippen LogP contribution in [-0.4, -0.2) is 26.9 Å². The average Bonchev–Trinajstić information content (AvgIpc) is 2.90. The number of hydrogen-bond acceptors (Lipinski definition) is 3. The molecule has 1 heterocycles. The number of carbonyl (C=O) groups is 1. The summed E-state index contributed by atoms with van der Waals surface area (Å²) in [6.45, 7) is 4.57. The third-order valence-corrected chi connectivity index (χ3v) is 6.95. The van der Waals surface area contributed by atoms with Crippen molar-refractivity contribution in [2.45, 2.75) is 44.5 Å². The van der Waals surface area contributed by atoms with E-state index in [0.717, 1.165) is 18.4 Å². The summed E-state index contributed by atoms with van der Waals surface area (Å²) < 4.78 is 1.58. The highest BCUT2D eigenvalue weighted by molar-refractivity contribution is 6.31. The number of nitrogens with zero attached hydrogens (tertiary/aromatic N) is 3. The van der Waals surface area contributed by atoms with Crippen LogP contribution in [0.1, 0.15) is 55.9 Å². The fourth-order valence-corrected chi connectivity index (χ4v) is 4.89.